The molecule has 88 valence electrons. The first-order valence-electron chi connectivity index (χ1n) is 5.54. The van der Waals surface area contributed by atoms with Crippen LogP contribution in [-0.4, -0.2) is 6.61 Å². The van der Waals surface area contributed by atoms with Gasteiger partial charge in [0.05, 0.1) is 6.61 Å². The zero-order chi connectivity index (χ0) is 11.5. The van der Waals surface area contributed by atoms with Gasteiger partial charge in [-0.1, -0.05) is 12.8 Å². The summed E-state index contributed by atoms with van der Waals surface area (Å²) < 4.78 is 31.4. The molecule has 0 heterocycles. The maximum atomic E-state index is 13.1. The number of nitrogens with two attached hydrogens (primary N) is 1. The van der Waals surface area contributed by atoms with Crippen LogP contribution in [-0.2, 0) is 0 Å². The summed E-state index contributed by atoms with van der Waals surface area (Å²) in [4.78, 5) is 0. The van der Waals surface area contributed by atoms with Crippen LogP contribution in [0, 0.1) is 17.6 Å². The van der Waals surface area contributed by atoms with E-state index in [1.165, 1.54) is 12.8 Å². The molecule has 0 radical (unpaired) electrons. The Morgan fingerprint density at radius 1 is 1.25 bits per heavy atom. The fourth-order valence-corrected chi connectivity index (χ4v) is 2.07. The second kappa shape index (κ2) is 4.68. The first kappa shape index (κ1) is 11.2. The molecule has 0 unspecified atom stereocenters. The number of benzene rings is 1. The van der Waals surface area contributed by atoms with E-state index in [4.69, 9.17) is 10.5 Å². The number of anilines is 1. The zero-order valence-electron chi connectivity index (χ0n) is 9.01. The Labute approximate surface area is 93.4 Å². The van der Waals surface area contributed by atoms with Gasteiger partial charge in [-0.15, -0.1) is 0 Å². The van der Waals surface area contributed by atoms with E-state index >= 15 is 0 Å². The molecule has 1 aromatic rings. The van der Waals surface area contributed by atoms with Crippen LogP contribution >= 0.6 is 0 Å². The van der Waals surface area contributed by atoms with Gasteiger partial charge in [0.1, 0.15) is 17.3 Å². The van der Waals surface area contributed by atoms with Crippen LogP contribution in [0.2, 0.25) is 0 Å². The predicted molar refractivity (Wildman–Crippen MR) is 58.2 cm³/mol. The van der Waals surface area contributed by atoms with Crippen LogP contribution in [0.25, 0.3) is 0 Å². The van der Waals surface area contributed by atoms with Crippen LogP contribution in [0.1, 0.15) is 25.7 Å². The summed E-state index contributed by atoms with van der Waals surface area (Å²) >= 11 is 0. The van der Waals surface area contributed by atoms with Crippen molar-refractivity contribution < 1.29 is 13.5 Å². The van der Waals surface area contributed by atoms with Crippen molar-refractivity contribution in [3.63, 3.8) is 0 Å². The molecule has 1 saturated carbocycles. The molecule has 2 N–H and O–H groups in total. The highest BCUT2D eigenvalue weighted by molar-refractivity contribution is 5.53. The van der Waals surface area contributed by atoms with Crippen molar-refractivity contribution in [2.24, 2.45) is 5.92 Å². The summed E-state index contributed by atoms with van der Waals surface area (Å²) in [5.41, 5.74) is 5.36. The quantitative estimate of drug-likeness (QED) is 0.805. The minimum atomic E-state index is -0.763. The van der Waals surface area contributed by atoms with E-state index in [1.54, 1.807) is 0 Å². The Morgan fingerprint density at radius 2 is 1.94 bits per heavy atom. The standard InChI is InChI=1S/C12H15F2NO/c13-9-5-10(14)12(15)11(6-9)16-7-8-3-1-2-4-8/h5-6,8H,1-4,7,15H2. The molecule has 2 rings (SSSR count). The lowest BCUT2D eigenvalue weighted by atomic mass is 10.1. The molecule has 16 heavy (non-hydrogen) atoms. The smallest absolute Gasteiger partial charge is 0.152 e. The fourth-order valence-electron chi connectivity index (χ4n) is 2.07. The van der Waals surface area contributed by atoms with Crippen molar-refractivity contribution in [3.05, 3.63) is 23.8 Å². The lowest BCUT2D eigenvalue weighted by Gasteiger charge is -2.13. The number of rotatable bonds is 3. The maximum absolute atomic E-state index is 13.1. The molecule has 0 bridgehead atoms. The fraction of sp³-hybridized carbons (Fsp3) is 0.500. The molecule has 1 aliphatic carbocycles. The van der Waals surface area contributed by atoms with E-state index in [0.29, 0.717) is 12.5 Å². The Hall–Kier alpha value is -1.32. The third-order valence-electron chi connectivity index (χ3n) is 3.01. The van der Waals surface area contributed by atoms with Gasteiger partial charge >= 0.3 is 0 Å². The van der Waals surface area contributed by atoms with E-state index in [9.17, 15) is 8.78 Å². The number of halogens is 2. The normalized spacial score (nSPS) is 16.6. The van der Waals surface area contributed by atoms with E-state index in [0.717, 1.165) is 25.0 Å². The average Bonchev–Trinajstić information content (AvgIpc) is 2.74. The first-order chi connectivity index (χ1) is 7.66. The highest BCUT2D eigenvalue weighted by atomic mass is 19.1. The summed E-state index contributed by atoms with van der Waals surface area (Å²) in [5, 5.41) is 0. The van der Waals surface area contributed by atoms with Crippen LogP contribution in [0.4, 0.5) is 14.5 Å². The number of ether oxygens (including phenoxy) is 1. The van der Waals surface area contributed by atoms with Gasteiger partial charge in [0, 0.05) is 12.1 Å². The first-order valence-corrected chi connectivity index (χ1v) is 5.54. The summed E-state index contributed by atoms with van der Waals surface area (Å²) in [6.45, 7) is 0.493. The van der Waals surface area contributed by atoms with Crippen molar-refractivity contribution in [1.29, 1.82) is 0 Å². The van der Waals surface area contributed by atoms with E-state index in [2.05, 4.69) is 0 Å². The number of hydrogen-bond acceptors (Lipinski definition) is 2. The van der Waals surface area contributed by atoms with Gasteiger partial charge in [0.15, 0.2) is 5.82 Å². The van der Waals surface area contributed by atoms with Gasteiger partial charge in [-0.25, -0.2) is 8.78 Å². The van der Waals surface area contributed by atoms with Gasteiger partial charge in [-0.3, -0.25) is 0 Å². The van der Waals surface area contributed by atoms with E-state index < -0.39 is 11.6 Å². The largest absolute Gasteiger partial charge is 0.491 e. The molecule has 2 nitrogen and oxygen atoms in total. The number of nitrogen functional groups attached to an aromatic ring is 1. The lowest BCUT2D eigenvalue weighted by Crippen LogP contribution is -2.10. The summed E-state index contributed by atoms with van der Waals surface area (Å²) in [5.74, 6) is -0.815. The van der Waals surface area contributed by atoms with Gasteiger partial charge in [0.25, 0.3) is 0 Å². The molecule has 1 aliphatic rings. The SMILES string of the molecule is Nc1c(F)cc(F)cc1OCC1CCCC1. The van der Waals surface area contributed by atoms with Gasteiger partial charge in [0.2, 0.25) is 0 Å². The minimum Gasteiger partial charge on any atom is -0.491 e. The molecule has 0 saturated heterocycles. The third-order valence-corrected chi connectivity index (χ3v) is 3.01. The van der Waals surface area contributed by atoms with Crippen molar-refractivity contribution in [3.8, 4) is 5.75 Å². The summed E-state index contributed by atoms with van der Waals surface area (Å²) in [7, 11) is 0. The van der Waals surface area contributed by atoms with Crippen LogP contribution in [0.5, 0.6) is 5.75 Å². The van der Waals surface area contributed by atoms with E-state index in [-0.39, 0.29) is 11.4 Å². The van der Waals surface area contributed by atoms with Gasteiger partial charge in [-0.2, -0.15) is 0 Å². The summed E-state index contributed by atoms with van der Waals surface area (Å²) in [6.07, 6.45) is 4.66. The molecule has 1 fully saturated rings. The molecular weight excluding hydrogens is 212 g/mol. The molecule has 1 aromatic carbocycles. The van der Waals surface area contributed by atoms with Gasteiger partial charge in [-0.05, 0) is 18.8 Å². The van der Waals surface area contributed by atoms with Gasteiger partial charge < -0.3 is 10.5 Å². The monoisotopic (exact) mass is 227 g/mol. The second-order valence-electron chi connectivity index (χ2n) is 4.26. The molecule has 0 spiro atoms. The summed E-state index contributed by atoms with van der Waals surface area (Å²) in [6, 6.07) is 1.89. The topological polar surface area (TPSA) is 35.2 Å². The zero-order valence-corrected chi connectivity index (χ0v) is 9.01. The third kappa shape index (κ3) is 2.43. The van der Waals surface area contributed by atoms with Crippen molar-refractivity contribution in [2.45, 2.75) is 25.7 Å². The van der Waals surface area contributed by atoms with Crippen LogP contribution < -0.4 is 10.5 Å². The maximum Gasteiger partial charge on any atom is 0.152 e. The molecule has 0 aromatic heterocycles. The average molecular weight is 227 g/mol. The minimum absolute atomic E-state index is 0.112. The van der Waals surface area contributed by atoms with Crippen molar-refractivity contribution in [1.82, 2.24) is 0 Å². The van der Waals surface area contributed by atoms with Crippen LogP contribution in [0.15, 0.2) is 12.1 Å². The Morgan fingerprint density at radius 3 is 2.62 bits per heavy atom. The van der Waals surface area contributed by atoms with Crippen molar-refractivity contribution in [2.75, 3.05) is 12.3 Å². The van der Waals surface area contributed by atoms with E-state index in [1.807, 2.05) is 0 Å². The molecular formula is C12H15F2NO. The van der Waals surface area contributed by atoms with Crippen molar-refractivity contribution >= 4 is 5.69 Å². The molecule has 0 atom stereocenters. The highest BCUT2D eigenvalue weighted by Gasteiger charge is 2.17. The Kier molecular flexibility index (Phi) is 3.27. The Balaban J connectivity index is 2.02. The molecule has 0 amide bonds. The second-order valence-corrected chi connectivity index (χ2v) is 4.26. The predicted octanol–water partition coefficient (Wildman–Crippen LogP) is 3.12. The highest BCUT2D eigenvalue weighted by Crippen LogP contribution is 2.29. The molecule has 0 aliphatic heterocycles. The lowest BCUT2D eigenvalue weighted by molar-refractivity contribution is 0.251. The van der Waals surface area contributed by atoms with Crippen LogP contribution in [0.3, 0.4) is 0 Å². The molecule has 4 heteroatoms. The Bertz CT molecular complexity index is 376. The number of hydrogen-bond donors (Lipinski definition) is 1.